The number of nitrogen functional groups attached to an aromatic ring is 1. The molecule has 3 rings (SSSR count). The van der Waals surface area contributed by atoms with Crippen molar-refractivity contribution in [3.8, 4) is 0 Å². The molecule has 0 atom stereocenters. The largest absolute Gasteiger partial charge is 0.397 e. The third-order valence-corrected chi connectivity index (χ3v) is 3.87. The number of aromatic nitrogens is 1. The van der Waals surface area contributed by atoms with Crippen molar-refractivity contribution >= 4 is 33.8 Å². The highest BCUT2D eigenvalue weighted by Gasteiger charge is 2.26. The lowest BCUT2D eigenvalue weighted by Crippen LogP contribution is -2.11. The molecule has 98 valence electrons. The van der Waals surface area contributed by atoms with Crippen LogP contribution in [0.1, 0.15) is 34.8 Å². The van der Waals surface area contributed by atoms with Crippen molar-refractivity contribution in [2.45, 2.75) is 18.8 Å². The third-order valence-electron chi connectivity index (χ3n) is 3.10. The Morgan fingerprint density at radius 3 is 2.89 bits per heavy atom. The van der Waals surface area contributed by atoms with Gasteiger partial charge < -0.3 is 16.8 Å². The summed E-state index contributed by atoms with van der Waals surface area (Å²) in [6, 6.07) is 4.92. The number of benzene rings is 1. The Kier molecular flexibility index (Phi) is 2.87. The maximum absolute atomic E-state index is 11.2. The fourth-order valence-corrected chi connectivity index (χ4v) is 2.65. The Morgan fingerprint density at radius 1 is 1.42 bits per heavy atom. The van der Waals surface area contributed by atoms with Crippen molar-refractivity contribution < 1.29 is 4.79 Å². The van der Waals surface area contributed by atoms with Gasteiger partial charge in [-0.3, -0.25) is 4.79 Å². The van der Waals surface area contributed by atoms with Crippen LogP contribution in [-0.4, -0.2) is 10.9 Å². The van der Waals surface area contributed by atoms with E-state index in [1.165, 1.54) is 12.8 Å². The lowest BCUT2D eigenvalue weighted by molar-refractivity contribution is 0.100. The van der Waals surface area contributed by atoms with E-state index in [1.54, 1.807) is 29.5 Å². The van der Waals surface area contributed by atoms with Gasteiger partial charge in [-0.05, 0) is 31.0 Å². The van der Waals surface area contributed by atoms with Gasteiger partial charge in [0, 0.05) is 16.9 Å². The first-order valence-electron chi connectivity index (χ1n) is 6.05. The zero-order chi connectivity index (χ0) is 13.4. The summed E-state index contributed by atoms with van der Waals surface area (Å²) in [5.41, 5.74) is 13.9. The van der Waals surface area contributed by atoms with Crippen LogP contribution >= 0.6 is 11.3 Å². The molecule has 1 aromatic carbocycles. The molecule has 5 nitrogen and oxygen atoms in total. The summed E-state index contributed by atoms with van der Waals surface area (Å²) in [4.78, 5) is 15.7. The zero-order valence-corrected chi connectivity index (χ0v) is 11.0. The van der Waals surface area contributed by atoms with E-state index < -0.39 is 5.91 Å². The van der Waals surface area contributed by atoms with Crippen molar-refractivity contribution in [3.63, 3.8) is 0 Å². The number of rotatable bonds is 4. The monoisotopic (exact) mass is 274 g/mol. The first kappa shape index (κ1) is 12.0. The lowest BCUT2D eigenvalue weighted by atomic mass is 10.1. The third kappa shape index (κ3) is 2.53. The van der Waals surface area contributed by atoms with Crippen LogP contribution in [0.2, 0.25) is 0 Å². The molecule has 2 aromatic rings. The number of anilines is 3. The van der Waals surface area contributed by atoms with Crippen LogP contribution in [0.3, 0.4) is 0 Å². The number of nitrogens with one attached hydrogen (secondary N) is 1. The highest BCUT2D eigenvalue weighted by Crippen LogP contribution is 2.41. The van der Waals surface area contributed by atoms with E-state index >= 15 is 0 Å². The minimum atomic E-state index is -0.471. The molecule has 0 bridgehead atoms. The van der Waals surface area contributed by atoms with Crippen LogP contribution in [0.4, 0.5) is 16.5 Å². The van der Waals surface area contributed by atoms with E-state index in [2.05, 4.69) is 15.7 Å². The summed E-state index contributed by atoms with van der Waals surface area (Å²) >= 11 is 1.54. The zero-order valence-electron chi connectivity index (χ0n) is 10.2. The molecule has 1 aromatic heterocycles. The smallest absolute Gasteiger partial charge is 0.248 e. The standard InChI is InChI=1S/C13H14N4OS/c14-9-4-3-8(12(15)18)5-10(9)16-13-17-11(6-19-13)7-1-2-7/h3-7H,1-2,14H2,(H2,15,18)(H,16,17). The minimum Gasteiger partial charge on any atom is -0.397 e. The number of nitrogens with zero attached hydrogens (tertiary/aromatic N) is 1. The number of thiazole rings is 1. The SMILES string of the molecule is NC(=O)c1ccc(N)c(Nc2nc(C3CC3)cs2)c1. The van der Waals surface area contributed by atoms with Gasteiger partial charge in [-0.2, -0.15) is 0 Å². The number of hydrogen-bond donors (Lipinski definition) is 3. The molecule has 0 radical (unpaired) electrons. The highest BCUT2D eigenvalue weighted by molar-refractivity contribution is 7.13. The molecular weight excluding hydrogens is 260 g/mol. The Morgan fingerprint density at radius 2 is 2.21 bits per heavy atom. The Hall–Kier alpha value is -2.08. The molecule has 1 fully saturated rings. The van der Waals surface area contributed by atoms with Gasteiger partial charge in [0.25, 0.3) is 0 Å². The molecule has 1 amide bonds. The first-order valence-corrected chi connectivity index (χ1v) is 6.93. The summed E-state index contributed by atoms with van der Waals surface area (Å²) in [5, 5.41) is 6.00. The predicted molar refractivity (Wildman–Crippen MR) is 76.7 cm³/mol. The molecule has 6 heteroatoms. The Bertz CT molecular complexity index is 633. The van der Waals surface area contributed by atoms with Gasteiger partial charge in [-0.15, -0.1) is 11.3 Å². The van der Waals surface area contributed by atoms with Gasteiger partial charge in [0.1, 0.15) is 0 Å². The van der Waals surface area contributed by atoms with Crippen LogP contribution in [0.15, 0.2) is 23.6 Å². The van der Waals surface area contributed by atoms with Crippen molar-refractivity contribution in [1.29, 1.82) is 0 Å². The van der Waals surface area contributed by atoms with E-state index in [-0.39, 0.29) is 0 Å². The number of hydrogen-bond acceptors (Lipinski definition) is 5. The molecule has 0 spiro atoms. The number of carbonyl (C=O) groups excluding carboxylic acids is 1. The maximum Gasteiger partial charge on any atom is 0.248 e. The van der Waals surface area contributed by atoms with Crippen LogP contribution in [-0.2, 0) is 0 Å². The van der Waals surface area contributed by atoms with E-state index in [1.807, 2.05) is 0 Å². The molecule has 1 aliphatic carbocycles. The molecule has 0 unspecified atom stereocenters. The number of carbonyl (C=O) groups is 1. The quantitative estimate of drug-likeness (QED) is 0.746. The minimum absolute atomic E-state index is 0.427. The van der Waals surface area contributed by atoms with Gasteiger partial charge in [0.15, 0.2) is 5.13 Å². The molecule has 19 heavy (non-hydrogen) atoms. The molecule has 1 aliphatic rings. The van der Waals surface area contributed by atoms with Crippen LogP contribution in [0.25, 0.3) is 0 Å². The van der Waals surface area contributed by atoms with E-state index in [4.69, 9.17) is 11.5 Å². The highest BCUT2D eigenvalue weighted by atomic mass is 32.1. The molecule has 1 saturated carbocycles. The molecule has 0 aliphatic heterocycles. The van der Waals surface area contributed by atoms with Crippen LogP contribution in [0, 0.1) is 0 Å². The summed E-state index contributed by atoms with van der Waals surface area (Å²) < 4.78 is 0. The van der Waals surface area contributed by atoms with Gasteiger partial charge in [-0.1, -0.05) is 0 Å². The van der Waals surface area contributed by atoms with Crippen molar-refractivity contribution in [2.24, 2.45) is 5.73 Å². The van der Waals surface area contributed by atoms with E-state index in [0.29, 0.717) is 22.9 Å². The molecule has 5 N–H and O–H groups in total. The molecular formula is C13H14N4OS. The summed E-state index contributed by atoms with van der Waals surface area (Å²) in [6.07, 6.45) is 2.45. The van der Waals surface area contributed by atoms with E-state index in [9.17, 15) is 4.79 Å². The van der Waals surface area contributed by atoms with Crippen LogP contribution in [0.5, 0.6) is 0 Å². The Labute approximate surface area is 114 Å². The summed E-state index contributed by atoms with van der Waals surface area (Å²) in [6.45, 7) is 0. The normalized spacial score (nSPS) is 14.3. The van der Waals surface area contributed by atoms with Crippen LogP contribution < -0.4 is 16.8 Å². The lowest BCUT2D eigenvalue weighted by Gasteiger charge is -2.07. The fourth-order valence-electron chi connectivity index (χ4n) is 1.84. The topological polar surface area (TPSA) is 94.0 Å². The first-order chi connectivity index (χ1) is 9.13. The van der Waals surface area contributed by atoms with Gasteiger partial charge in [-0.25, -0.2) is 4.98 Å². The van der Waals surface area contributed by atoms with Crippen molar-refractivity contribution in [2.75, 3.05) is 11.1 Å². The summed E-state index contributed by atoms with van der Waals surface area (Å²) in [5.74, 6) is 0.155. The van der Waals surface area contributed by atoms with E-state index in [0.717, 1.165) is 10.8 Å². The fraction of sp³-hybridized carbons (Fsp3) is 0.231. The van der Waals surface area contributed by atoms with Crippen molar-refractivity contribution in [1.82, 2.24) is 4.98 Å². The predicted octanol–water partition coefficient (Wildman–Crippen LogP) is 2.45. The number of primary amides is 1. The second kappa shape index (κ2) is 4.55. The van der Waals surface area contributed by atoms with Gasteiger partial charge in [0.05, 0.1) is 17.1 Å². The molecule has 1 heterocycles. The average molecular weight is 274 g/mol. The van der Waals surface area contributed by atoms with Gasteiger partial charge in [0.2, 0.25) is 5.91 Å². The number of nitrogens with two attached hydrogens (primary N) is 2. The second-order valence-electron chi connectivity index (χ2n) is 4.64. The van der Waals surface area contributed by atoms with Gasteiger partial charge >= 0.3 is 0 Å². The van der Waals surface area contributed by atoms with Crippen molar-refractivity contribution in [3.05, 3.63) is 34.8 Å². The number of amides is 1. The summed E-state index contributed by atoms with van der Waals surface area (Å²) in [7, 11) is 0. The molecule has 0 saturated heterocycles. The maximum atomic E-state index is 11.2. The second-order valence-corrected chi connectivity index (χ2v) is 5.50. The average Bonchev–Trinajstić information content (AvgIpc) is 3.13. The Balaban J connectivity index is 1.84.